The van der Waals surface area contributed by atoms with E-state index in [1.165, 1.54) is 24.8 Å². The van der Waals surface area contributed by atoms with Crippen molar-refractivity contribution >= 4 is 11.3 Å². The highest BCUT2D eigenvalue weighted by Crippen LogP contribution is 2.33. The minimum Gasteiger partial charge on any atom is -0.378 e. The summed E-state index contributed by atoms with van der Waals surface area (Å²) in [4.78, 5) is 0. The van der Waals surface area contributed by atoms with Crippen molar-refractivity contribution in [3.63, 3.8) is 0 Å². The van der Waals surface area contributed by atoms with Gasteiger partial charge in [0.25, 0.3) is 0 Å². The Morgan fingerprint density at radius 3 is 3.00 bits per heavy atom. The highest BCUT2D eigenvalue weighted by molar-refractivity contribution is 7.07. The van der Waals surface area contributed by atoms with E-state index in [2.05, 4.69) is 23.8 Å². The molecule has 0 aromatic carbocycles. The monoisotopic (exact) mass is 253 g/mol. The molecule has 1 saturated carbocycles. The molecule has 1 aliphatic carbocycles. The molecular formula is C14H23NOS. The molecule has 1 aromatic heterocycles. The summed E-state index contributed by atoms with van der Waals surface area (Å²) in [7, 11) is 0. The average Bonchev–Trinajstić information content (AvgIpc) is 2.76. The van der Waals surface area contributed by atoms with Crippen LogP contribution in [0.25, 0.3) is 0 Å². The third-order valence-corrected chi connectivity index (χ3v) is 4.35. The summed E-state index contributed by atoms with van der Waals surface area (Å²) in [5.74, 6) is 0.809. The zero-order valence-corrected chi connectivity index (χ0v) is 11.4. The molecule has 3 heteroatoms. The quantitative estimate of drug-likeness (QED) is 0.810. The van der Waals surface area contributed by atoms with Crippen molar-refractivity contribution in [2.24, 2.45) is 11.7 Å². The summed E-state index contributed by atoms with van der Waals surface area (Å²) >= 11 is 1.77. The molecule has 1 atom stereocenters. The van der Waals surface area contributed by atoms with Gasteiger partial charge in [-0.3, -0.25) is 0 Å². The van der Waals surface area contributed by atoms with Gasteiger partial charge in [-0.1, -0.05) is 0 Å². The van der Waals surface area contributed by atoms with E-state index in [4.69, 9.17) is 10.5 Å². The van der Waals surface area contributed by atoms with E-state index >= 15 is 0 Å². The molecule has 1 aliphatic rings. The summed E-state index contributed by atoms with van der Waals surface area (Å²) in [5, 5.41) is 4.36. The van der Waals surface area contributed by atoms with Crippen LogP contribution in [0.4, 0.5) is 0 Å². The van der Waals surface area contributed by atoms with Crippen LogP contribution in [-0.4, -0.2) is 18.8 Å². The van der Waals surface area contributed by atoms with Gasteiger partial charge in [-0.25, -0.2) is 0 Å². The summed E-state index contributed by atoms with van der Waals surface area (Å²) in [6, 6.07) is 2.56. The van der Waals surface area contributed by atoms with Crippen LogP contribution in [0, 0.1) is 5.92 Å². The lowest BCUT2D eigenvalue weighted by Crippen LogP contribution is -2.36. The van der Waals surface area contributed by atoms with Gasteiger partial charge in [0.05, 0.1) is 6.10 Å². The van der Waals surface area contributed by atoms with Crippen LogP contribution < -0.4 is 5.73 Å². The second-order valence-electron chi connectivity index (χ2n) is 5.08. The van der Waals surface area contributed by atoms with Gasteiger partial charge in [0.2, 0.25) is 0 Å². The molecule has 1 fully saturated rings. The Hall–Kier alpha value is -0.380. The smallest absolute Gasteiger partial charge is 0.0580 e. The summed E-state index contributed by atoms with van der Waals surface area (Å²) in [6.45, 7) is 2.92. The number of hydrogen-bond acceptors (Lipinski definition) is 3. The van der Waals surface area contributed by atoms with Crippen molar-refractivity contribution in [1.29, 1.82) is 0 Å². The third kappa shape index (κ3) is 4.09. The van der Waals surface area contributed by atoms with Crippen LogP contribution in [0.3, 0.4) is 0 Å². The number of ether oxygens (including phenoxy) is 1. The van der Waals surface area contributed by atoms with Crippen molar-refractivity contribution < 1.29 is 4.74 Å². The van der Waals surface area contributed by atoms with Crippen molar-refractivity contribution in [1.82, 2.24) is 0 Å². The van der Waals surface area contributed by atoms with E-state index in [-0.39, 0.29) is 0 Å². The van der Waals surface area contributed by atoms with E-state index in [1.807, 2.05) is 0 Å². The SMILES string of the molecule is CCOC1CC(CC(N)CCc2ccsc2)C1. The molecule has 0 amide bonds. The van der Waals surface area contributed by atoms with Gasteiger partial charge in [-0.05, 0) is 67.3 Å². The van der Waals surface area contributed by atoms with E-state index in [9.17, 15) is 0 Å². The molecule has 0 saturated heterocycles. The minimum absolute atomic E-state index is 0.363. The molecule has 0 spiro atoms. The standard InChI is InChI=1S/C14H23NOS/c1-2-16-14-8-12(9-14)7-13(15)4-3-11-5-6-17-10-11/h5-6,10,12-14H,2-4,7-9,15H2,1H3. The van der Waals surface area contributed by atoms with Crippen LogP contribution in [0.1, 0.15) is 38.2 Å². The van der Waals surface area contributed by atoms with E-state index in [1.54, 1.807) is 11.3 Å². The third-order valence-electron chi connectivity index (χ3n) is 3.61. The largest absolute Gasteiger partial charge is 0.378 e. The molecular weight excluding hydrogens is 230 g/mol. The molecule has 96 valence electrons. The molecule has 2 N–H and O–H groups in total. The number of rotatable bonds is 7. The number of nitrogens with two attached hydrogens (primary N) is 1. The van der Waals surface area contributed by atoms with Gasteiger partial charge in [-0.15, -0.1) is 0 Å². The fourth-order valence-corrected chi connectivity index (χ4v) is 3.27. The second kappa shape index (κ2) is 6.53. The van der Waals surface area contributed by atoms with E-state index in [0.717, 1.165) is 25.4 Å². The van der Waals surface area contributed by atoms with Gasteiger partial charge in [-0.2, -0.15) is 11.3 Å². The van der Waals surface area contributed by atoms with Gasteiger partial charge in [0.1, 0.15) is 0 Å². The molecule has 1 unspecified atom stereocenters. The molecule has 2 nitrogen and oxygen atoms in total. The normalized spacial score (nSPS) is 25.5. The second-order valence-corrected chi connectivity index (χ2v) is 5.86. The zero-order chi connectivity index (χ0) is 12.1. The van der Waals surface area contributed by atoms with Gasteiger partial charge >= 0.3 is 0 Å². The summed E-state index contributed by atoms with van der Waals surface area (Å²) < 4.78 is 5.57. The van der Waals surface area contributed by atoms with Crippen LogP contribution >= 0.6 is 11.3 Å². The minimum atomic E-state index is 0.363. The topological polar surface area (TPSA) is 35.2 Å². The van der Waals surface area contributed by atoms with E-state index < -0.39 is 0 Å². The zero-order valence-electron chi connectivity index (χ0n) is 10.6. The Bertz CT molecular complexity index is 306. The van der Waals surface area contributed by atoms with Crippen molar-refractivity contribution in [2.75, 3.05) is 6.61 Å². The van der Waals surface area contributed by atoms with Gasteiger partial charge in [0, 0.05) is 12.6 Å². The molecule has 1 aromatic rings. The lowest BCUT2D eigenvalue weighted by atomic mass is 9.77. The Balaban J connectivity index is 1.57. The number of hydrogen-bond donors (Lipinski definition) is 1. The highest BCUT2D eigenvalue weighted by Gasteiger charge is 2.30. The maximum Gasteiger partial charge on any atom is 0.0580 e. The predicted molar refractivity (Wildman–Crippen MR) is 73.4 cm³/mol. The first kappa shape index (κ1) is 13.1. The molecule has 2 rings (SSSR count). The van der Waals surface area contributed by atoms with Crippen LogP contribution in [0.15, 0.2) is 16.8 Å². The average molecular weight is 253 g/mol. The van der Waals surface area contributed by atoms with Crippen molar-refractivity contribution in [2.45, 2.75) is 51.2 Å². The Morgan fingerprint density at radius 2 is 2.35 bits per heavy atom. The van der Waals surface area contributed by atoms with Crippen LogP contribution in [-0.2, 0) is 11.2 Å². The Morgan fingerprint density at radius 1 is 1.53 bits per heavy atom. The summed E-state index contributed by atoms with van der Waals surface area (Å²) in [5.41, 5.74) is 7.62. The fourth-order valence-electron chi connectivity index (χ4n) is 2.57. The van der Waals surface area contributed by atoms with Crippen LogP contribution in [0.5, 0.6) is 0 Å². The van der Waals surface area contributed by atoms with Crippen molar-refractivity contribution in [3.8, 4) is 0 Å². The molecule has 0 bridgehead atoms. The van der Waals surface area contributed by atoms with Gasteiger partial charge in [0.15, 0.2) is 0 Å². The van der Waals surface area contributed by atoms with Crippen LogP contribution in [0.2, 0.25) is 0 Å². The lowest BCUT2D eigenvalue weighted by molar-refractivity contribution is -0.0282. The van der Waals surface area contributed by atoms with Gasteiger partial charge < -0.3 is 10.5 Å². The first-order valence-electron chi connectivity index (χ1n) is 6.66. The molecule has 1 heterocycles. The van der Waals surface area contributed by atoms with Crippen molar-refractivity contribution in [3.05, 3.63) is 22.4 Å². The maximum atomic E-state index is 6.18. The Kier molecular flexibility index (Phi) is 5.01. The lowest BCUT2D eigenvalue weighted by Gasteiger charge is -2.36. The Labute approximate surface area is 108 Å². The first-order chi connectivity index (χ1) is 8.28. The number of thiophene rings is 1. The molecule has 0 radical (unpaired) electrons. The predicted octanol–water partition coefficient (Wildman–Crippen LogP) is 3.21. The number of aryl methyl sites for hydroxylation is 1. The maximum absolute atomic E-state index is 6.18. The highest BCUT2D eigenvalue weighted by atomic mass is 32.1. The first-order valence-corrected chi connectivity index (χ1v) is 7.60. The fraction of sp³-hybridized carbons (Fsp3) is 0.714. The molecule has 17 heavy (non-hydrogen) atoms. The molecule has 0 aliphatic heterocycles. The summed E-state index contributed by atoms with van der Waals surface area (Å²) in [6.07, 6.45) is 6.39. The van der Waals surface area contributed by atoms with E-state index in [0.29, 0.717) is 12.1 Å².